The van der Waals surface area contributed by atoms with Gasteiger partial charge in [0.15, 0.2) is 0 Å². The van der Waals surface area contributed by atoms with E-state index in [2.05, 4.69) is 41.3 Å². The van der Waals surface area contributed by atoms with Crippen LogP contribution in [0.1, 0.15) is 18.0 Å². The molecule has 0 radical (unpaired) electrons. The number of hydrogen-bond donors (Lipinski definition) is 1. The number of benzene rings is 1. The Morgan fingerprint density at radius 3 is 3.06 bits per heavy atom. The lowest BCUT2D eigenvalue weighted by molar-refractivity contribution is 0.482. The molecule has 2 aliphatic rings. The summed E-state index contributed by atoms with van der Waals surface area (Å²) >= 11 is 4.10. The molecule has 0 amide bonds. The summed E-state index contributed by atoms with van der Waals surface area (Å²) < 4.78 is 0. The van der Waals surface area contributed by atoms with E-state index in [9.17, 15) is 0 Å². The highest BCUT2D eigenvalue weighted by molar-refractivity contribution is 7.99. The Bertz CT molecular complexity index is 361. The second-order valence-electron chi connectivity index (χ2n) is 4.54. The van der Waals surface area contributed by atoms with Crippen LogP contribution in [-0.2, 0) is 0 Å². The van der Waals surface area contributed by atoms with Gasteiger partial charge in [-0.1, -0.05) is 18.2 Å². The van der Waals surface area contributed by atoms with E-state index in [-0.39, 0.29) is 0 Å². The first-order valence-corrected chi connectivity index (χ1v) is 8.10. The van der Waals surface area contributed by atoms with E-state index in [0.29, 0.717) is 6.04 Å². The highest BCUT2D eigenvalue weighted by Gasteiger charge is 2.23. The Morgan fingerprint density at radius 1 is 1.25 bits per heavy atom. The maximum atomic E-state index is 3.75. The molecular weight excluding hydrogens is 234 g/mol. The van der Waals surface area contributed by atoms with Gasteiger partial charge >= 0.3 is 0 Å². The largest absolute Gasteiger partial charge is 0.309 e. The van der Waals surface area contributed by atoms with Gasteiger partial charge in [0.25, 0.3) is 0 Å². The van der Waals surface area contributed by atoms with Crippen molar-refractivity contribution in [2.45, 2.75) is 17.4 Å². The summed E-state index contributed by atoms with van der Waals surface area (Å²) in [6.07, 6.45) is 1.40. The Labute approximate surface area is 106 Å². The topological polar surface area (TPSA) is 12.0 Å². The molecule has 0 saturated carbocycles. The third kappa shape index (κ3) is 2.27. The van der Waals surface area contributed by atoms with Crippen LogP contribution >= 0.6 is 23.5 Å². The molecule has 2 atom stereocenters. The summed E-state index contributed by atoms with van der Waals surface area (Å²) in [6, 6.07) is 9.41. The van der Waals surface area contributed by atoms with Crippen LogP contribution in [-0.4, -0.2) is 23.8 Å². The van der Waals surface area contributed by atoms with E-state index in [1.54, 1.807) is 0 Å². The fraction of sp³-hybridized carbons (Fsp3) is 0.538. The molecule has 1 aromatic carbocycles. The molecule has 0 bridgehead atoms. The van der Waals surface area contributed by atoms with Crippen molar-refractivity contribution in [1.29, 1.82) is 0 Å². The van der Waals surface area contributed by atoms with Crippen molar-refractivity contribution in [2.75, 3.05) is 23.8 Å². The molecule has 1 saturated heterocycles. The van der Waals surface area contributed by atoms with E-state index < -0.39 is 0 Å². The molecule has 0 aliphatic carbocycles. The van der Waals surface area contributed by atoms with E-state index in [4.69, 9.17) is 0 Å². The molecule has 2 aliphatic heterocycles. The first kappa shape index (κ1) is 11.0. The summed E-state index contributed by atoms with van der Waals surface area (Å²) in [4.78, 5) is 1.47. The van der Waals surface area contributed by atoms with Crippen molar-refractivity contribution >= 4 is 23.5 Å². The highest BCUT2D eigenvalue weighted by atomic mass is 32.2. The van der Waals surface area contributed by atoms with Crippen LogP contribution in [0.3, 0.4) is 0 Å². The summed E-state index contributed by atoms with van der Waals surface area (Å²) in [7, 11) is 0. The van der Waals surface area contributed by atoms with Gasteiger partial charge in [-0.15, -0.1) is 11.8 Å². The fourth-order valence-electron chi connectivity index (χ4n) is 2.38. The molecule has 3 rings (SSSR count). The van der Waals surface area contributed by atoms with Gasteiger partial charge in [0, 0.05) is 16.7 Å². The minimum Gasteiger partial charge on any atom is -0.309 e. The lowest BCUT2D eigenvalue weighted by Gasteiger charge is -2.16. The molecule has 1 nitrogen and oxygen atoms in total. The van der Waals surface area contributed by atoms with Gasteiger partial charge in [-0.25, -0.2) is 0 Å². The lowest BCUT2D eigenvalue weighted by Crippen LogP contribution is -2.27. The van der Waals surface area contributed by atoms with Gasteiger partial charge in [0.2, 0.25) is 0 Å². The molecule has 1 aromatic rings. The maximum Gasteiger partial charge on any atom is 0.0426 e. The Kier molecular flexibility index (Phi) is 3.46. The van der Waals surface area contributed by atoms with Crippen molar-refractivity contribution in [3.05, 3.63) is 29.8 Å². The molecule has 2 unspecified atom stereocenters. The zero-order valence-corrected chi connectivity index (χ0v) is 10.9. The fourth-order valence-corrected chi connectivity index (χ4v) is 4.86. The zero-order valence-electron chi connectivity index (χ0n) is 9.32. The number of thioether (sulfide) groups is 2. The molecule has 1 N–H and O–H groups in total. The van der Waals surface area contributed by atoms with Crippen molar-refractivity contribution in [3.63, 3.8) is 0 Å². The summed E-state index contributed by atoms with van der Waals surface area (Å²) in [5.41, 5.74) is 1.51. The predicted molar refractivity (Wildman–Crippen MR) is 73.3 cm³/mol. The first-order chi connectivity index (χ1) is 7.93. The van der Waals surface area contributed by atoms with E-state index in [1.165, 1.54) is 40.7 Å². The normalized spacial score (nSPS) is 28.2. The summed E-state index contributed by atoms with van der Waals surface area (Å²) in [5, 5.41) is 3.75. The average Bonchev–Trinajstić information content (AvgIpc) is 2.96. The molecule has 0 spiro atoms. The SMILES string of the molecule is c1ccc2c(c1)SCC2NCC1CCSC1. The smallest absolute Gasteiger partial charge is 0.0426 e. The van der Waals surface area contributed by atoms with Crippen LogP contribution in [0.4, 0.5) is 0 Å². The second-order valence-corrected chi connectivity index (χ2v) is 6.75. The van der Waals surface area contributed by atoms with Crippen molar-refractivity contribution in [3.8, 4) is 0 Å². The van der Waals surface area contributed by atoms with Gasteiger partial charge in [0.05, 0.1) is 0 Å². The Balaban J connectivity index is 1.60. The van der Waals surface area contributed by atoms with Crippen LogP contribution in [0.5, 0.6) is 0 Å². The first-order valence-electron chi connectivity index (χ1n) is 5.96. The van der Waals surface area contributed by atoms with Crippen LogP contribution in [0.15, 0.2) is 29.2 Å². The molecule has 86 valence electrons. The monoisotopic (exact) mass is 251 g/mol. The van der Waals surface area contributed by atoms with Gasteiger partial charge in [-0.3, -0.25) is 0 Å². The quantitative estimate of drug-likeness (QED) is 0.886. The van der Waals surface area contributed by atoms with Gasteiger partial charge < -0.3 is 5.32 Å². The predicted octanol–water partition coefficient (Wildman–Crippen LogP) is 3.18. The third-order valence-corrected chi connectivity index (χ3v) is 5.79. The number of hydrogen-bond acceptors (Lipinski definition) is 3. The number of rotatable bonds is 3. The van der Waals surface area contributed by atoms with Crippen molar-refractivity contribution in [2.24, 2.45) is 5.92 Å². The molecule has 0 aromatic heterocycles. The molecular formula is C13H17NS2. The molecule has 1 fully saturated rings. The Hall–Kier alpha value is -0.120. The standard InChI is InChI=1S/C13H17NS2/c1-2-4-13-11(3-1)12(9-16-13)14-7-10-5-6-15-8-10/h1-4,10,12,14H,5-9H2. The number of nitrogens with one attached hydrogen (secondary N) is 1. The summed E-state index contributed by atoms with van der Waals surface area (Å²) in [6.45, 7) is 1.20. The van der Waals surface area contributed by atoms with Gasteiger partial charge in [-0.2, -0.15) is 11.8 Å². The van der Waals surface area contributed by atoms with Crippen LogP contribution < -0.4 is 5.32 Å². The van der Waals surface area contributed by atoms with E-state index in [1.807, 2.05) is 11.8 Å². The second kappa shape index (κ2) is 5.03. The van der Waals surface area contributed by atoms with E-state index >= 15 is 0 Å². The maximum absolute atomic E-state index is 3.75. The van der Waals surface area contributed by atoms with Crippen LogP contribution in [0.2, 0.25) is 0 Å². The van der Waals surface area contributed by atoms with Gasteiger partial charge in [-0.05, 0) is 42.0 Å². The highest BCUT2D eigenvalue weighted by Crippen LogP contribution is 2.37. The summed E-state index contributed by atoms with van der Waals surface area (Å²) in [5.74, 6) is 4.83. The van der Waals surface area contributed by atoms with Crippen molar-refractivity contribution in [1.82, 2.24) is 5.32 Å². The van der Waals surface area contributed by atoms with Crippen molar-refractivity contribution < 1.29 is 0 Å². The molecule has 3 heteroatoms. The Morgan fingerprint density at radius 2 is 2.19 bits per heavy atom. The van der Waals surface area contributed by atoms with E-state index in [0.717, 1.165) is 5.92 Å². The zero-order chi connectivity index (χ0) is 10.8. The van der Waals surface area contributed by atoms with Crippen LogP contribution in [0, 0.1) is 5.92 Å². The third-order valence-electron chi connectivity index (χ3n) is 3.38. The minimum atomic E-state index is 0.590. The van der Waals surface area contributed by atoms with Crippen LogP contribution in [0.25, 0.3) is 0 Å². The average molecular weight is 251 g/mol. The minimum absolute atomic E-state index is 0.590. The molecule has 16 heavy (non-hydrogen) atoms. The number of fused-ring (bicyclic) bond motifs is 1. The van der Waals surface area contributed by atoms with Gasteiger partial charge in [0.1, 0.15) is 0 Å². The molecule has 2 heterocycles. The lowest BCUT2D eigenvalue weighted by atomic mass is 10.1.